The molecule has 1 atom stereocenters. The van der Waals surface area contributed by atoms with Crippen LogP contribution in [0.1, 0.15) is 18.9 Å². The molecule has 8 heteroatoms. The van der Waals surface area contributed by atoms with Gasteiger partial charge in [0.25, 0.3) is 5.69 Å². The van der Waals surface area contributed by atoms with Crippen molar-refractivity contribution < 1.29 is 19.2 Å². The van der Waals surface area contributed by atoms with E-state index in [1.807, 2.05) is 11.8 Å². The van der Waals surface area contributed by atoms with Crippen LogP contribution in [0.4, 0.5) is 11.4 Å². The molecular weight excluding hydrogens is 302 g/mol. The van der Waals surface area contributed by atoms with E-state index < -0.39 is 16.9 Å². The number of nitro benzene ring substituents is 1. The molecule has 0 radical (unpaired) electrons. The van der Waals surface area contributed by atoms with Crippen LogP contribution < -0.4 is 5.32 Å². The predicted molar refractivity (Wildman–Crippen MR) is 83.1 cm³/mol. The van der Waals surface area contributed by atoms with Crippen molar-refractivity contribution in [3.8, 4) is 0 Å². The maximum Gasteiger partial charge on any atom is 0.323 e. The summed E-state index contributed by atoms with van der Waals surface area (Å²) in [6.07, 6.45) is -0.0468. The number of ether oxygens (including phenoxy) is 1. The fraction of sp³-hybridized carbons (Fsp3) is 0.467. The summed E-state index contributed by atoms with van der Waals surface area (Å²) in [5.74, 6) is -0.792. The van der Waals surface area contributed by atoms with E-state index in [-0.39, 0.29) is 18.0 Å². The third-order valence-corrected chi connectivity index (χ3v) is 3.83. The van der Waals surface area contributed by atoms with E-state index in [2.05, 4.69) is 5.32 Å². The van der Waals surface area contributed by atoms with Gasteiger partial charge in [0.15, 0.2) is 0 Å². The molecule has 1 aromatic rings. The average molecular weight is 321 g/mol. The van der Waals surface area contributed by atoms with E-state index in [9.17, 15) is 19.7 Å². The molecule has 1 heterocycles. The van der Waals surface area contributed by atoms with Gasteiger partial charge in [0.1, 0.15) is 12.6 Å². The van der Waals surface area contributed by atoms with Crippen molar-refractivity contribution in [1.29, 1.82) is 0 Å². The van der Waals surface area contributed by atoms with Crippen LogP contribution in [0.2, 0.25) is 0 Å². The molecule has 124 valence electrons. The first-order valence-electron chi connectivity index (χ1n) is 7.38. The summed E-state index contributed by atoms with van der Waals surface area (Å²) >= 11 is 0. The zero-order valence-electron chi connectivity index (χ0n) is 13.1. The van der Waals surface area contributed by atoms with E-state index >= 15 is 0 Å². The maximum atomic E-state index is 12.2. The Morgan fingerprint density at radius 2 is 2.26 bits per heavy atom. The number of benzene rings is 1. The molecule has 1 aromatic carbocycles. The molecule has 1 amide bonds. The second-order valence-electron chi connectivity index (χ2n) is 5.32. The van der Waals surface area contributed by atoms with Gasteiger partial charge in [0.2, 0.25) is 5.91 Å². The summed E-state index contributed by atoms with van der Waals surface area (Å²) in [4.78, 5) is 36.2. The van der Waals surface area contributed by atoms with E-state index in [0.717, 1.165) is 0 Å². The highest BCUT2D eigenvalue weighted by atomic mass is 16.6. The minimum absolute atomic E-state index is 0.0468. The number of aryl methyl sites for hydroxylation is 1. The Balaban J connectivity index is 2.08. The molecule has 0 bridgehead atoms. The number of cyclic esters (lactones) is 1. The average Bonchev–Trinajstić information content (AvgIpc) is 2.51. The Labute approximate surface area is 133 Å². The molecule has 0 saturated carbocycles. The molecule has 1 aliphatic heterocycles. The molecule has 0 spiro atoms. The van der Waals surface area contributed by atoms with Crippen LogP contribution in [0.15, 0.2) is 18.2 Å². The lowest BCUT2D eigenvalue weighted by Crippen LogP contribution is -2.50. The highest BCUT2D eigenvalue weighted by molar-refractivity contribution is 5.95. The number of carbonyl (C=O) groups excluding carboxylic acids is 2. The summed E-state index contributed by atoms with van der Waals surface area (Å²) in [6, 6.07) is 3.64. The number of likely N-dealkylation sites (N-methyl/N-ethyl adjacent to an activating group) is 1. The fourth-order valence-corrected chi connectivity index (χ4v) is 2.49. The van der Waals surface area contributed by atoms with Crippen LogP contribution >= 0.6 is 0 Å². The highest BCUT2D eigenvalue weighted by Crippen LogP contribution is 2.22. The molecule has 1 N–H and O–H groups in total. The number of hydrogen-bond acceptors (Lipinski definition) is 6. The predicted octanol–water partition coefficient (Wildman–Crippen LogP) is 1.48. The monoisotopic (exact) mass is 321 g/mol. The number of hydrogen-bond donors (Lipinski definition) is 1. The quantitative estimate of drug-likeness (QED) is 0.501. The number of morpholine rings is 1. The van der Waals surface area contributed by atoms with Gasteiger partial charge in [0, 0.05) is 18.7 Å². The Bertz CT molecular complexity index is 632. The van der Waals surface area contributed by atoms with Gasteiger partial charge in [-0.1, -0.05) is 13.0 Å². The fourth-order valence-electron chi connectivity index (χ4n) is 2.49. The Morgan fingerprint density at radius 3 is 2.91 bits per heavy atom. The number of carbonyl (C=O) groups is 2. The van der Waals surface area contributed by atoms with Crippen molar-refractivity contribution in [2.45, 2.75) is 26.3 Å². The highest BCUT2D eigenvalue weighted by Gasteiger charge is 2.32. The summed E-state index contributed by atoms with van der Waals surface area (Å²) in [7, 11) is 0. The van der Waals surface area contributed by atoms with Gasteiger partial charge in [-0.25, -0.2) is 0 Å². The van der Waals surface area contributed by atoms with Crippen LogP contribution in [0, 0.1) is 17.0 Å². The maximum absolute atomic E-state index is 12.2. The van der Waals surface area contributed by atoms with Gasteiger partial charge in [-0.2, -0.15) is 0 Å². The van der Waals surface area contributed by atoms with Crippen LogP contribution in [-0.2, 0) is 14.3 Å². The lowest BCUT2D eigenvalue weighted by Gasteiger charge is -2.32. The van der Waals surface area contributed by atoms with Gasteiger partial charge in [-0.3, -0.25) is 24.6 Å². The third-order valence-electron chi connectivity index (χ3n) is 3.83. The zero-order chi connectivity index (χ0) is 17.0. The third kappa shape index (κ3) is 4.04. The van der Waals surface area contributed by atoms with Crippen molar-refractivity contribution in [2.75, 3.05) is 25.0 Å². The second-order valence-corrected chi connectivity index (χ2v) is 5.32. The van der Waals surface area contributed by atoms with Gasteiger partial charge in [-0.05, 0) is 19.0 Å². The zero-order valence-corrected chi connectivity index (χ0v) is 13.1. The van der Waals surface area contributed by atoms with Crippen LogP contribution in [-0.4, -0.2) is 47.4 Å². The first kappa shape index (κ1) is 16.9. The summed E-state index contributed by atoms with van der Waals surface area (Å²) in [6.45, 7) is 5.22. The molecule has 0 aliphatic carbocycles. The summed E-state index contributed by atoms with van der Waals surface area (Å²) in [5, 5.41) is 13.5. The van der Waals surface area contributed by atoms with E-state index in [1.165, 1.54) is 12.1 Å². The number of esters is 1. The number of nitrogens with zero attached hydrogens (tertiary/aromatic N) is 2. The molecule has 1 aliphatic rings. The number of anilines is 1. The Morgan fingerprint density at radius 1 is 1.52 bits per heavy atom. The van der Waals surface area contributed by atoms with Crippen LogP contribution in [0.25, 0.3) is 0 Å². The molecule has 1 fully saturated rings. The SMILES string of the molecule is CCN1CCOC(=O)[C@@H]1CC(=O)Nc1cc([N+](=O)[O-])ccc1C. The van der Waals surface area contributed by atoms with E-state index in [1.54, 1.807) is 13.0 Å². The van der Waals surface area contributed by atoms with Crippen molar-refractivity contribution in [3.63, 3.8) is 0 Å². The van der Waals surface area contributed by atoms with Crippen molar-refractivity contribution >= 4 is 23.3 Å². The lowest BCUT2D eigenvalue weighted by molar-refractivity contribution is -0.384. The molecule has 0 aromatic heterocycles. The number of amides is 1. The first-order valence-corrected chi connectivity index (χ1v) is 7.38. The normalized spacial score (nSPS) is 18.3. The molecular formula is C15H19N3O5. The van der Waals surface area contributed by atoms with Crippen molar-refractivity contribution in [1.82, 2.24) is 4.90 Å². The van der Waals surface area contributed by atoms with E-state index in [0.29, 0.717) is 30.9 Å². The molecule has 23 heavy (non-hydrogen) atoms. The standard InChI is InChI=1S/C15H19N3O5/c1-3-17-6-7-23-15(20)13(17)9-14(19)16-12-8-11(18(21)22)5-4-10(12)2/h4-5,8,13H,3,6-7,9H2,1-2H3,(H,16,19)/t13-/m0/s1. The smallest absolute Gasteiger partial charge is 0.323 e. The second kappa shape index (κ2) is 7.19. The van der Waals surface area contributed by atoms with E-state index in [4.69, 9.17) is 4.74 Å². The Kier molecular flexibility index (Phi) is 5.28. The van der Waals surface area contributed by atoms with Gasteiger partial charge >= 0.3 is 5.97 Å². The number of nitro groups is 1. The van der Waals surface area contributed by atoms with Gasteiger partial charge in [-0.15, -0.1) is 0 Å². The Hall–Kier alpha value is -2.48. The molecule has 1 saturated heterocycles. The number of non-ortho nitro benzene ring substituents is 1. The van der Waals surface area contributed by atoms with Crippen LogP contribution in [0.5, 0.6) is 0 Å². The first-order chi connectivity index (χ1) is 10.9. The largest absolute Gasteiger partial charge is 0.463 e. The molecule has 8 nitrogen and oxygen atoms in total. The van der Waals surface area contributed by atoms with Crippen LogP contribution in [0.3, 0.4) is 0 Å². The summed E-state index contributed by atoms with van der Waals surface area (Å²) in [5.41, 5.74) is 0.983. The van der Waals surface area contributed by atoms with Gasteiger partial charge < -0.3 is 10.1 Å². The minimum Gasteiger partial charge on any atom is -0.463 e. The van der Waals surface area contributed by atoms with Crippen molar-refractivity contribution in [2.24, 2.45) is 0 Å². The number of rotatable bonds is 5. The van der Waals surface area contributed by atoms with Gasteiger partial charge in [0.05, 0.1) is 17.0 Å². The molecule has 0 unspecified atom stereocenters. The summed E-state index contributed by atoms with van der Waals surface area (Å²) < 4.78 is 5.00. The van der Waals surface area contributed by atoms with Crippen molar-refractivity contribution in [3.05, 3.63) is 33.9 Å². The number of nitrogens with one attached hydrogen (secondary N) is 1. The molecule has 2 rings (SSSR count). The lowest BCUT2D eigenvalue weighted by atomic mass is 10.1. The topological polar surface area (TPSA) is 102 Å². The minimum atomic E-state index is -0.618.